The molecule has 90 valence electrons. The van der Waals surface area contributed by atoms with Crippen LogP contribution in [0.4, 0.5) is 0 Å². The first kappa shape index (κ1) is 13.1. The molecular formula is C12H21N3O. The molecule has 4 heteroatoms. The number of aliphatic hydroxyl groups is 1. The highest BCUT2D eigenvalue weighted by atomic mass is 16.3. The van der Waals surface area contributed by atoms with Gasteiger partial charge in [-0.05, 0) is 31.5 Å². The Bertz CT molecular complexity index is 311. The summed E-state index contributed by atoms with van der Waals surface area (Å²) >= 11 is 0. The second kappa shape index (κ2) is 5.92. The van der Waals surface area contributed by atoms with Gasteiger partial charge in [0, 0.05) is 6.54 Å². The van der Waals surface area contributed by atoms with Crippen molar-refractivity contribution in [2.24, 2.45) is 0 Å². The minimum Gasteiger partial charge on any atom is -0.372 e. The van der Waals surface area contributed by atoms with E-state index >= 15 is 0 Å². The summed E-state index contributed by atoms with van der Waals surface area (Å²) in [5.41, 5.74) is 1.56. The summed E-state index contributed by atoms with van der Waals surface area (Å²) in [7, 11) is 1.88. The molecule has 0 aromatic carbocycles. The number of aliphatic hydroxyl groups excluding tert-OH is 1. The fraction of sp³-hybridized carbons (Fsp3) is 0.667. The van der Waals surface area contributed by atoms with Crippen molar-refractivity contribution in [1.29, 1.82) is 0 Å². The Balaban J connectivity index is 2.73. The van der Waals surface area contributed by atoms with Crippen molar-refractivity contribution in [3.63, 3.8) is 0 Å². The zero-order valence-electron chi connectivity index (χ0n) is 10.5. The highest BCUT2D eigenvalue weighted by Crippen LogP contribution is 2.15. The van der Waals surface area contributed by atoms with Crippen LogP contribution in [0.25, 0.3) is 0 Å². The van der Waals surface area contributed by atoms with Crippen LogP contribution in [0.1, 0.15) is 50.7 Å². The van der Waals surface area contributed by atoms with Gasteiger partial charge in [0.15, 0.2) is 6.23 Å². The summed E-state index contributed by atoms with van der Waals surface area (Å²) in [5, 5.41) is 18.1. The molecule has 0 radical (unpaired) electrons. The highest BCUT2D eigenvalue weighted by Gasteiger charge is 2.14. The summed E-state index contributed by atoms with van der Waals surface area (Å²) < 4.78 is 0. The van der Waals surface area contributed by atoms with Gasteiger partial charge in [-0.15, -0.1) is 0 Å². The van der Waals surface area contributed by atoms with Crippen LogP contribution in [0, 0.1) is 0 Å². The first-order chi connectivity index (χ1) is 7.56. The summed E-state index contributed by atoms with van der Waals surface area (Å²) in [6, 6.07) is 3.77. The molecule has 0 fully saturated rings. The average molecular weight is 223 g/mol. The molecule has 0 aliphatic carbocycles. The maximum atomic E-state index is 9.97. The van der Waals surface area contributed by atoms with E-state index in [1.54, 1.807) is 0 Å². The molecule has 1 heterocycles. The van der Waals surface area contributed by atoms with Crippen molar-refractivity contribution in [3.05, 3.63) is 23.5 Å². The number of nitrogens with zero attached hydrogens (tertiary/aromatic N) is 3. The van der Waals surface area contributed by atoms with Crippen LogP contribution < -0.4 is 0 Å². The molecule has 1 rings (SSSR count). The van der Waals surface area contributed by atoms with Gasteiger partial charge in [-0.1, -0.05) is 20.8 Å². The Hall–Kier alpha value is -1.00. The fourth-order valence-corrected chi connectivity index (χ4v) is 1.50. The number of aromatic nitrogens is 2. The van der Waals surface area contributed by atoms with Gasteiger partial charge in [-0.25, -0.2) is 0 Å². The summed E-state index contributed by atoms with van der Waals surface area (Å²) in [4.78, 5) is 1.86. The lowest BCUT2D eigenvalue weighted by molar-refractivity contribution is 0.0167. The van der Waals surface area contributed by atoms with Crippen LogP contribution in [-0.4, -0.2) is 33.8 Å². The number of hydrogen-bond donors (Lipinski definition) is 1. The molecule has 16 heavy (non-hydrogen) atoms. The molecule has 0 saturated carbocycles. The average Bonchev–Trinajstić information content (AvgIpc) is 2.28. The lowest BCUT2D eigenvalue weighted by Crippen LogP contribution is -2.26. The molecule has 0 bridgehead atoms. The van der Waals surface area contributed by atoms with Gasteiger partial charge in [0.05, 0.1) is 5.69 Å². The summed E-state index contributed by atoms with van der Waals surface area (Å²) in [6.07, 6.45) is 0.346. The van der Waals surface area contributed by atoms with E-state index in [0.717, 1.165) is 18.7 Å². The largest absolute Gasteiger partial charge is 0.372 e. The Labute approximate surface area is 97.3 Å². The smallest absolute Gasteiger partial charge is 0.152 e. The van der Waals surface area contributed by atoms with E-state index in [4.69, 9.17) is 0 Å². The third kappa shape index (κ3) is 3.25. The standard InChI is InChI=1S/C12H21N3O/c1-5-8-15(4)12(16)11-7-6-10(9(2)3)13-14-11/h6-7,9,12,16H,5,8H2,1-4H3. The lowest BCUT2D eigenvalue weighted by atomic mass is 10.1. The third-order valence-electron chi connectivity index (χ3n) is 2.56. The monoisotopic (exact) mass is 223 g/mol. The number of rotatable bonds is 5. The van der Waals surface area contributed by atoms with Gasteiger partial charge in [-0.3, -0.25) is 4.90 Å². The Morgan fingerprint density at radius 2 is 1.81 bits per heavy atom. The molecule has 1 N–H and O–H groups in total. The van der Waals surface area contributed by atoms with Crippen LogP contribution >= 0.6 is 0 Å². The lowest BCUT2D eigenvalue weighted by Gasteiger charge is -2.21. The van der Waals surface area contributed by atoms with Crippen LogP contribution in [0.5, 0.6) is 0 Å². The van der Waals surface area contributed by atoms with Crippen LogP contribution in [0.3, 0.4) is 0 Å². The molecule has 1 aromatic rings. The van der Waals surface area contributed by atoms with Gasteiger partial charge in [0.1, 0.15) is 5.69 Å². The first-order valence-electron chi connectivity index (χ1n) is 5.78. The van der Waals surface area contributed by atoms with Crippen LogP contribution in [0.2, 0.25) is 0 Å². The maximum absolute atomic E-state index is 9.97. The molecule has 1 aromatic heterocycles. The zero-order valence-corrected chi connectivity index (χ0v) is 10.5. The Morgan fingerprint density at radius 3 is 2.25 bits per heavy atom. The molecule has 0 aliphatic heterocycles. The third-order valence-corrected chi connectivity index (χ3v) is 2.56. The fourth-order valence-electron chi connectivity index (χ4n) is 1.50. The van der Waals surface area contributed by atoms with Crippen molar-refractivity contribution >= 4 is 0 Å². The van der Waals surface area contributed by atoms with Gasteiger partial charge in [0.2, 0.25) is 0 Å². The molecule has 0 saturated heterocycles. The zero-order chi connectivity index (χ0) is 12.1. The second-order valence-corrected chi connectivity index (χ2v) is 4.39. The molecular weight excluding hydrogens is 202 g/mol. The van der Waals surface area contributed by atoms with E-state index in [9.17, 15) is 5.11 Å². The maximum Gasteiger partial charge on any atom is 0.152 e. The van der Waals surface area contributed by atoms with Crippen LogP contribution in [0.15, 0.2) is 12.1 Å². The SMILES string of the molecule is CCCN(C)C(O)c1ccc(C(C)C)nn1. The van der Waals surface area contributed by atoms with Crippen molar-refractivity contribution < 1.29 is 5.11 Å². The molecule has 1 atom stereocenters. The quantitative estimate of drug-likeness (QED) is 0.775. The molecule has 0 aliphatic rings. The Morgan fingerprint density at radius 1 is 1.25 bits per heavy atom. The van der Waals surface area contributed by atoms with Crippen molar-refractivity contribution in [3.8, 4) is 0 Å². The van der Waals surface area contributed by atoms with E-state index < -0.39 is 6.23 Å². The van der Waals surface area contributed by atoms with Crippen molar-refractivity contribution in [1.82, 2.24) is 15.1 Å². The van der Waals surface area contributed by atoms with Gasteiger partial charge in [-0.2, -0.15) is 10.2 Å². The van der Waals surface area contributed by atoms with E-state index in [-0.39, 0.29) is 0 Å². The van der Waals surface area contributed by atoms with Gasteiger partial charge in [0.25, 0.3) is 0 Å². The molecule has 0 amide bonds. The van der Waals surface area contributed by atoms with E-state index in [1.807, 2.05) is 24.1 Å². The predicted molar refractivity (Wildman–Crippen MR) is 64.0 cm³/mol. The minimum atomic E-state index is -0.659. The molecule has 0 spiro atoms. The molecule has 1 unspecified atom stereocenters. The summed E-state index contributed by atoms with van der Waals surface area (Å²) in [6.45, 7) is 7.07. The van der Waals surface area contributed by atoms with Crippen LogP contribution in [-0.2, 0) is 0 Å². The normalized spacial score (nSPS) is 13.4. The van der Waals surface area contributed by atoms with Gasteiger partial charge < -0.3 is 5.11 Å². The number of hydrogen-bond acceptors (Lipinski definition) is 4. The Kier molecular flexibility index (Phi) is 4.83. The van der Waals surface area contributed by atoms with E-state index in [0.29, 0.717) is 11.6 Å². The second-order valence-electron chi connectivity index (χ2n) is 4.39. The van der Waals surface area contributed by atoms with Crippen molar-refractivity contribution in [2.75, 3.05) is 13.6 Å². The van der Waals surface area contributed by atoms with Gasteiger partial charge >= 0.3 is 0 Å². The first-order valence-corrected chi connectivity index (χ1v) is 5.78. The minimum absolute atomic E-state index is 0.368. The topological polar surface area (TPSA) is 49.2 Å². The summed E-state index contributed by atoms with van der Waals surface area (Å²) in [5.74, 6) is 0.368. The van der Waals surface area contributed by atoms with Crippen molar-refractivity contribution in [2.45, 2.75) is 39.3 Å². The van der Waals surface area contributed by atoms with E-state index in [2.05, 4.69) is 31.0 Å². The van der Waals surface area contributed by atoms with E-state index in [1.165, 1.54) is 0 Å². The highest BCUT2D eigenvalue weighted by molar-refractivity contribution is 5.11. The molecule has 4 nitrogen and oxygen atoms in total. The predicted octanol–water partition coefficient (Wildman–Crippen LogP) is 1.93.